The fourth-order valence-electron chi connectivity index (χ4n) is 3.79. The van der Waals surface area contributed by atoms with Crippen molar-refractivity contribution in [1.82, 2.24) is 24.5 Å². The lowest BCUT2D eigenvalue weighted by atomic mass is 10.1. The molecule has 1 fully saturated rings. The minimum Gasteiger partial charge on any atom is -0.469 e. The van der Waals surface area contributed by atoms with Crippen molar-refractivity contribution in [3.05, 3.63) is 42.1 Å². The Morgan fingerprint density at radius 2 is 1.85 bits per heavy atom. The summed E-state index contributed by atoms with van der Waals surface area (Å²) in [7, 11) is 1.31. The average molecular weight is 476 g/mol. The molecule has 0 aliphatic carbocycles. The highest BCUT2D eigenvalue weighted by Crippen LogP contribution is 2.32. The number of piperazine rings is 1. The van der Waals surface area contributed by atoms with E-state index in [0.29, 0.717) is 49.8 Å². The quantitative estimate of drug-likeness (QED) is 0.505. The number of fused-ring (bicyclic) bond motifs is 1. The molecule has 0 radical (unpaired) electrons. The molecule has 1 aliphatic rings. The molecule has 12 heteroatoms. The third kappa shape index (κ3) is 5.10. The Kier molecular flexibility index (Phi) is 6.66. The van der Waals surface area contributed by atoms with Crippen LogP contribution in [0.2, 0.25) is 0 Å². The van der Waals surface area contributed by atoms with Crippen molar-refractivity contribution in [2.24, 2.45) is 0 Å². The normalized spacial score (nSPS) is 14.5. The van der Waals surface area contributed by atoms with Crippen LogP contribution in [-0.2, 0) is 20.5 Å². The lowest BCUT2D eigenvalue weighted by Gasteiger charge is -2.34. The van der Waals surface area contributed by atoms with Crippen LogP contribution in [0.3, 0.4) is 0 Å². The molecular weight excluding hydrogens is 453 g/mol. The highest BCUT2D eigenvalue weighted by Gasteiger charge is 2.31. The molecule has 0 bridgehead atoms. The monoisotopic (exact) mass is 476 g/mol. The number of aromatic nitrogens is 4. The zero-order valence-electron chi connectivity index (χ0n) is 18.5. The van der Waals surface area contributed by atoms with Gasteiger partial charge in [0.2, 0.25) is 11.9 Å². The highest BCUT2D eigenvalue weighted by molar-refractivity contribution is 5.77. The van der Waals surface area contributed by atoms with Gasteiger partial charge in [-0.2, -0.15) is 22.7 Å². The van der Waals surface area contributed by atoms with E-state index in [4.69, 9.17) is 0 Å². The van der Waals surface area contributed by atoms with E-state index in [1.807, 2.05) is 4.90 Å². The highest BCUT2D eigenvalue weighted by atomic mass is 19.4. The van der Waals surface area contributed by atoms with Gasteiger partial charge in [-0.3, -0.25) is 9.59 Å². The fourth-order valence-corrected chi connectivity index (χ4v) is 3.79. The molecule has 0 atom stereocenters. The van der Waals surface area contributed by atoms with Gasteiger partial charge in [0.1, 0.15) is 0 Å². The number of amides is 1. The first kappa shape index (κ1) is 23.5. The Morgan fingerprint density at radius 1 is 1.09 bits per heavy atom. The number of alkyl halides is 3. The molecule has 9 nitrogen and oxygen atoms in total. The van der Waals surface area contributed by atoms with E-state index in [0.717, 1.165) is 12.1 Å². The largest absolute Gasteiger partial charge is 0.469 e. The molecule has 0 spiro atoms. The lowest BCUT2D eigenvalue weighted by molar-refractivity contribution is -0.141. The van der Waals surface area contributed by atoms with Gasteiger partial charge in [-0.1, -0.05) is 12.1 Å². The minimum atomic E-state index is -4.45. The Morgan fingerprint density at radius 3 is 2.56 bits per heavy atom. The summed E-state index contributed by atoms with van der Waals surface area (Å²) in [4.78, 5) is 35.8. The molecule has 0 N–H and O–H groups in total. The molecule has 3 aromatic rings. The van der Waals surface area contributed by atoms with Gasteiger partial charge in [0.15, 0.2) is 0 Å². The fraction of sp³-hybridized carbons (Fsp3) is 0.409. The molecule has 0 saturated carbocycles. The maximum Gasteiger partial charge on any atom is 0.416 e. The molecule has 1 aliphatic heterocycles. The number of ether oxygens (including phenoxy) is 1. The predicted octanol–water partition coefficient (Wildman–Crippen LogP) is 2.80. The maximum atomic E-state index is 13.2. The number of halogens is 3. The second kappa shape index (κ2) is 9.65. The van der Waals surface area contributed by atoms with Gasteiger partial charge < -0.3 is 14.5 Å². The summed E-state index contributed by atoms with van der Waals surface area (Å²) in [5.41, 5.74) is 0.0398. The number of benzene rings is 1. The van der Waals surface area contributed by atoms with Crippen LogP contribution in [0.15, 0.2) is 36.5 Å². The number of rotatable bonds is 6. The average Bonchev–Trinajstić information content (AvgIpc) is 3.28. The minimum absolute atomic E-state index is 0.0278. The predicted molar refractivity (Wildman–Crippen MR) is 116 cm³/mol. The zero-order chi connectivity index (χ0) is 24.3. The number of hydrogen-bond donors (Lipinski definition) is 0. The van der Waals surface area contributed by atoms with Crippen LogP contribution >= 0.6 is 0 Å². The number of hydrogen-bond acceptors (Lipinski definition) is 7. The van der Waals surface area contributed by atoms with E-state index in [2.05, 4.69) is 19.8 Å². The van der Waals surface area contributed by atoms with E-state index in [1.54, 1.807) is 17.0 Å². The van der Waals surface area contributed by atoms with Gasteiger partial charge in [-0.15, -0.1) is 5.10 Å². The third-order valence-corrected chi connectivity index (χ3v) is 5.63. The zero-order valence-corrected chi connectivity index (χ0v) is 18.5. The van der Waals surface area contributed by atoms with Crippen molar-refractivity contribution in [2.75, 3.05) is 38.2 Å². The van der Waals surface area contributed by atoms with Crippen LogP contribution < -0.4 is 4.90 Å². The van der Waals surface area contributed by atoms with Crippen molar-refractivity contribution >= 4 is 23.6 Å². The summed E-state index contributed by atoms with van der Waals surface area (Å²) in [6.07, 6.45) is -2.06. The second-order valence-electron chi connectivity index (χ2n) is 7.83. The SMILES string of the molecule is COC(=O)CCCC(=O)N1CCN(c2nc3nccc(-c4cccc(C(F)(F)F)c4)n3n2)CC1. The Hall–Kier alpha value is -3.70. The lowest BCUT2D eigenvalue weighted by Crippen LogP contribution is -2.49. The van der Waals surface area contributed by atoms with Crippen molar-refractivity contribution in [3.8, 4) is 11.3 Å². The molecule has 1 aromatic carbocycles. The number of carbonyl (C=O) groups is 2. The van der Waals surface area contributed by atoms with Crippen molar-refractivity contribution in [1.29, 1.82) is 0 Å². The number of carbonyl (C=O) groups excluding carboxylic acids is 2. The summed E-state index contributed by atoms with van der Waals surface area (Å²) in [6, 6.07) is 6.61. The number of methoxy groups -OCH3 is 1. The molecule has 34 heavy (non-hydrogen) atoms. The van der Waals surface area contributed by atoms with Crippen LogP contribution in [0.1, 0.15) is 24.8 Å². The van der Waals surface area contributed by atoms with Crippen LogP contribution in [0.25, 0.3) is 17.0 Å². The van der Waals surface area contributed by atoms with Crippen LogP contribution in [0.5, 0.6) is 0 Å². The Bertz CT molecular complexity index is 1190. The van der Waals surface area contributed by atoms with Gasteiger partial charge in [0.25, 0.3) is 5.78 Å². The van der Waals surface area contributed by atoms with E-state index >= 15 is 0 Å². The number of nitrogens with zero attached hydrogens (tertiary/aromatic N) is 6. The summed E-state index contributed by atoms with van der Waals surface area (Å²) in [5.74, 6) is 0.296. The first-order valence-corrected chi connectivity index (χ1v) is 10.8. The van der Waals surface area contributed by atoms with Crippen molar-refractivity contribution in [3.63, 3.8) is 0 Å². The third-order valence-electron chi connectivity index (χ3n) is 5.63. The Labute approximate surface area is 193 Å². The van der Waals surface area contributed by atoms with Crippen LogP contribution in [0.4, 0.5) is 19.1 Å². The van der Waals surface area contributed by atoms with E-state index < -0.39 is 11.7 Å². The van der Waals surface area contributed by atoms with Gasteiger partial charge >= 0.3 is 12.1 Å². The molecule has 4 rings (SSSR count). The standard InChI is InChI=1S/C22H23F3N6O3/c1-34-19(33)7-3-6-18(32)29-10-12-30(13-11-29)21-27-20-26-9-8-17(31(20)28-21)15-4-2-5-16(14-15)22(23,24)25/h2,4-5,8-9,14H,3,6-7,10-13H2,1H3. The molecule has 2 aromatic heterocycles. The van der Waals surface area contributed by atoms with E-state index in [9.17, 15) is 22.8 Å². The number of esters is 1. The Balaban J connectivity index is 1.46. The molecule has 3 heterocycles. The molecular formula is C22H23F3N6O3. The van der Waals surface area contributed by atoms with E-state index in [-0.39, 0.29) is 30.5 Å². The summed E-state index contributed by atoms with van der Waals surface area (Å²) >= 11 is 0. The summed E-state index contributed by atoms with van der Waals surface area (Å²) < 4.78 is 45.5. The van der Waals surface area contributed by atoms with Crippen molar-refractivity contribution in [2.45, 2.75) is 25.4 Å². The first-order chi connectivity index (χ1) is 16.3. The van der Waals surface area contributed by atoms with Crippen LogP contribution in [0, 0.1) is 0 Å². The van der Waals surface area contributed by atoms with Gasteiger partial charge in [0.05, 0.1) is 18.4 Å². The van der Waals surface area contributed by atoms with Crippen LogP contribution in [-0.4, -0.2) is 69.6 Å². The maximum absolute atomic E-state index is 13.2. The summed E-state index contributed by atoms with van der Waals surface area (Å²) in [6.45, 7) is 1.94. The number of anilines is 1. The smallest absolute Gasteiger partial charge is 0.416 e. The van der Waals surface area contributed by atoms with E-state index in [1.165, 1.54) is 23.9 Å². The topological polar surface area (TPSA) is 92.9 Å². The van der Waals surface area contributed by atoms with Gasteiger partial charge in [-0.05, 0) is 24.6 Å². The van der Waals surface area contributed by atoms with Crippen molar-refractivity contribution < 1.29 is 27.5 Å². The molecule has 0 unspecified atom stereocenters. The molecule has 180 valence electrons. The second-order valence-corrected chi connectivity index (χ2v) is 7.83. The van der Waals surface area contributed by atoms with Gasteiger partial charge in [0, 0.05) is 50.8 Å². The van der Waals surface area contributed by atoms with Gasteiger partial charge in [-0.25, -0.2) is 4.98 Å². The first-order valence-electron chi connectivity index (χ1n) is 10.8. The molecule has 1 saturated heterocycles. The summed E-state index contributed by atoms with van der Waals surface area (Å²) in [5, 5.41) is 4.49. The molecule has 1 amide bonds.